The van der Waals surface area contributed by atoms with Gasteiger partial charge in [0.15, 0.2) is 0 Å². The van der Waals surface area contributed by atoms with Crippen molar-refractivity contribution in [3.63, 3.8) is 0 Å². The van der Waals surface area contributed by atoms with E-state index in [0.29, 0.717) is 18.3 Å². The number of hydrogen-bond donors (Lipinski definition) is 1. The van der Waals surface area contributed by atoms with Gasteiger partial charge in [0.25, 0.3) is 5.91 Å². The largest absolute Gasteiger partial charge is 0.368 e. The molecule has 1 aliphatic carbocycles. The maximum absolute atomic E-state index is 11.9. The van der Waals surface area contributed by atoms with Gasteiger partial charge >= 0.3 is 0 Å². The van der Waals surface area contributed by atoms with E-state index in [-0.39, 0.29) is 5.91 Å². The fourth-order valence-corrected chi connectivity index (χ4v) is 2.11. The third kappa shape index (κ3) is 3.44. The lowest BCUT2D eigenvalue weighted by Crippen LogP contribution is -2.29. The zero-order chi connectivity index (χ0) is 13.8. The molecule has 104 valence electrons. The Bertz CT molecular complexity index is 443. The molecule has 0 bridgehead atoms. The Morgan fingerprint density at radius 3 is 2.79 bits per heavy atom. The Morgan fingerprint density at radius 2 is 2.21 bits per heavy atom. The van der Waals surface area contributed by atoms with Gasteiger partial charge in [-0.05, 0) is 37.9 Å². The standard InChI is InChI=1S/C14H22N4O/c1-17(2)14(19)13-10-12(6-8-16-13)18(9-3-7-15)11-4-5-11/h6,8,10-11H,3-5,7,9,15H2,1-2H3. The smallest absolute Gasteiger partial charge is 0.272 e. The molecule has 2 N–H and O–H groups in total. The first kappa shape index (κ1) is 13.8. The lowest BCUT2D eigenvalue weighted by Gasteiger charge is -2.25. The van der Waals surface area contributed by atoms with Crippen LogP contribution < -0.4 is 10.6 Å². The van der Waals surface area contributed by atoms with E-state index in [2.05, 4.69) is 9.88 Å². The number of aromatic nitrogens is 1. The molecule has 0 radical (unpaired) electrons. The quantitative estimate of drug-likeness (QED) is 0.834. The maximum Gasteiger partial charge on any atom is 0.272 e. The molecular weight excluding hydrogens is 240 g/mol. The van der Waals surface area contributed by atoms with Crippen molar-refractivity contribution in [2.45, 2.75) is 25.3 Å². The molecule has 0 aliphatic heterocycles. The Balaban J connectivity index is 2.18. The van der Waals surface area contributed by atoms with Crippen LogP contribution in [0.1, 0.15) is 29.8 Å². The van der Waals surface area contributed by atoms with Crippen molar-refractivity contribution in [1.82, 2.24) is 9.88 Å². The highest BCUT2D eigenvalue weighted by Gasteiger charge is 2.29. The van der Waals surface area contributed by atoms with Crippen molar-refractivity contribution in [2.75, 3.05) is 32.1 Å². The Kier molecular flexibility index (Phi) is 4.37. The van der Waals surface area contributed by atoms with Crippen LogP contribution in [0.15, 0.2) is 18.3 Å². The molecule has 1 heterocycles. The summed E-state index contributed by atoms with van der Waals surface area (Å²) in [4.78, 5) is 20.0. The zero-order valence-electron chi connectivity index (χ0n) is 11.7. The van der Waals surface area contributed by atoms with E-state index >= 15 is 0 Å². The molecule has 5 heteroatoms. The van der Waals surface area contributed by atoms with E-state index in [9.17, 15) is 4.79 Å². The van der Waals surface area contributed by atoms with Crippen LogP contribution in [0.3, 0.4) is 0 Å². The molecule has 1 aromatic heterocycles. The second kappa shape index (κ2) is 6.02. The Labute approximate surface area is 114 Å². The first-order chi connectivity index (χ1) is 9.13. The molecule has 1 fully saturated rings. The summed E-state index contributed by atoms with van der Waals surface area (Å²) in [6.45, 7) is 1.64. The highest BCUT2D eigenvalue weighted by Crippen LogP contribution is 2.31. The number of nitrogens with zero attached hydrogens (tertiary/aromatic N) is 3. The maximum atomic E-state index is 11.9. The van der Waals surface area contributed by atoms with Crippen molar-refractivity contribution in [3.8, 4) is 0 Å². The van der Waals surface area contributed by atoms with Gasteiger partial charge in [0.2, 0.25) is 0 Å². The molecule has 0 saturated heterocycles. The lowest BCUT2D eigenvalue weighted by molar-refractivity contribution is 0.0822. The molecule has 5 nitrogen and oxygen atoms in total. The fraction of sp³-hybridized carbons (Fsp3) is 0.571. The highest BCUT2D eigenvalue weighted by atomic mass is 16.2. The van der Waals surface area contributed by atoms with Crippen molar-refractivity contribution in [3.05, 3.63) is 24.0 Å². The Hall–Kier alpha value is -1.62. The fourth-order valence-electron chi connectivity index (χ4n) is 2.11. The lowest BCUT2D eigenvalue weighted by atomic mass is 10.2. The van der Waals surface area contributed by atoms with Crippen LogP contribution in [0.5, 0.6) is 0 Å². The predicted octanol–water partition coefficient (Wildman–Crippen LogP) is 1.10. The van der Waals surface area contributed by atoms with E-state index in [1.54, 1.807) is 25.2 Å². The molecule has 0 spiro atoms. The third-order valence-electron chi connectivity index (χ3n) is 3.29. The zero-order valence-corrected chi connectivity index (χ0v) is 11.7. The van der Waals surface area contributed by atoms with Gasteiger partial charge in [-0.25, -0.2) is 0 Å². The first-order valence-electron chi connectivity index (χ1n) is 6.78. The van der Waals surface area contributed by atoms with Crippen molar-refractivity contribution >= 4 is 11.6 Å². The molecule has 2 rings (SSSR count). The normalized spacial score (nSPS) is 14.3. The number of nitrogens with two attached hydrogens (primary N) is 1. The number of anilines is 1. The minimum atomic E-state index is -0.0589. The number of amides is 1. The molecule has 1 aromatic rings. The van der Waals surface area contributed by atoms with Crippen LogP contribution in [-0.4, -0.2) is 49.0 Å². The van der Waals surface area contributed by atoms with Crippen molar-refractivity contribution in [2.24, 2.45) is 5.73 Å². The van der Waals surface area contributed by atoms with Gasteiger partial charge in [0, 0.05) is 38.6 Å². The van der Waals surface area contributed by atoms with E-state index in [1.807, 2.05) is 12.1 Å². The van der Waals surface area contributed by atoms with Crippen LogP contribution >= 0.6 is 0 Å². The van der Waals surface area contributed by atoms with Gasteiger partial charge in [-0.1, -0.05) is 0 Å². The predicted molar refractivity (Wildman–Crippen MR) is 76.3 cm³/mol. The average Bonchev–Trinajstić information content (AvgIpc) is 3.23. The molecule has 0 atom stereocenters. The van der Waals surface area contributed by atoms with Crippen LogP contribution in [0, 0.1) is 0 Å². The molecular formula is C14H22N4O. The van der Waals surface area contributed by atoms with Crippen LogP contribution in [0.4, 0.5) is 5.69 Å². The van der Waals surface area contributed by atoms with Crippen LogP contribution in [-0.2, 0) is 0 Å². The van der Waals surface area contributed by atoms with Gasteiger partial charge in [0.1, 0.15) is 5.69 Å². The molecule has 0 unspecified atom stereocenters. The molecule has 1 aliphatic rings. The Morgan fingerprint density at radius 1 is 1.47 bits per heavy atom. The second-order valence-corrected chi connectivity index (χ2v) is 5.17. The monoisotopic (exact) mass is 262 g/mol. The van der Waals surface area contributed by atoms with Gasteiger partial charge in [-0.15, -0.1) is 0 Å². The number of carbonyl (C=O) groups excluding carboxylic acids is 1. The molecule has 0 aromatic carbocycles. The van der Waals surface area contributed by atoms with Crippen LogP contribution in [0.2, 0.25) is 0 Å². The second-order valence-electron chi connectivity index (χ2n) is 5.17. The summed E-state index contributed by atoms with van der Waals surface area (Å²) in [5.74, 6) is -0.0589. The average molecular weight is 262 g/mol. The number of pyridine rings is 1. The van der Waals surface area contributed by atoms with Crippen LogP contribution in [0.25, 0.3) is 0 Å². The summed E-state index contributed by atoms with van der Waals surface area (Å²) >= 11 is 0. The number of carbonyl (C=O) groups is 1. The summed E-state index contributed by atoms with van der Waals surface area (Å²) in [6, 6.07) is 4.47. The minimum absolute atomic E-state index is 0.0589. The number of hydrogen-bond acceptors (Lipinski definition) is 4. The molecule has 19 heavy (non-hydrogen) atoms. The van der Waals surface area contributed by atoms with Crippen molar-refractivity contribution < 1.29 is 4.79 Å². The SMILES string of the molecule is CN(C)C(=O)c1cc(N(CCCN)C2CC2)ccn1. The highest BCUT2D eigenvalue weighted by molar-refractivity contribution is 5.92. The van der Waals surface area contributed by atoms with E-state index in [4.69, 9.17) is 5.73 Å². The molecule has 1 amide bonds. The number of rotatable bonds is 6. The van der Waals surface area contributed by atoms with Gasteiger partial charge < -0.3 is 15.5 Å². The first-order valence-corrected chi connectivity index (χ1v) is 6.78. The summed E-state index contributed by atoms with van der Waals surface area (Å²) in [5, 5.41) is 0. The third-order valence-corrected chi connectivity index (χ3v) is 3.29. The molecule has 1 saturated carbocycles. The summed E-state index contributed by atoms with van der Waals surface area (Å²) in [7, 11) is 3.48. The van der Waals surface area contributed by atoms with E-state index < -0.39 is 0 Å². The van der Waals surface area contributed by atoms with E-state index in [1.165, 1.54) is 12.8 Å². The van der Waals surface area contributed by atoms with Gasteiger partial charge in [-0.2, -0.15) is 0 Å². The summed E-state index contributed by atoms with van der Waals surface area (Å²) in [6.07, 6.45) is 5.13. The van der Waals surface area contributed by atoms with Gasteiger partial charge in [-0.3, -0.25) is 9.78 Å². The topological polar surface area (TPSA) is 62.5 Å². The summed E-state index contributed by atoms with van der Waals surface area (Å²) < 4.78 is 0. The summed E-state index contributed by atoms with van der Waals surface area (Å²) in [5.41, 5.74) is 7.17. The minimum Gasteiger partial charge on any atom is -0.368 e. The van der Waals surface area contributed by atoms with Gasteiger partial charge in [0.05, 0.1) is 0 Å². The van der Waals surface area contributed by atoms with E-state index in [0.717, 1.165) is 18.7 Å². The van der Waals surface area contributed by atoms with Crippen molar-refractivity contribution in [1.29, 1.82) is 0 Å².